The molecule has 0 amide bonds. The van der Waals surface area contributed by atoms with Gasteiger partial charge in [0.25, 0.3) is 0 Å². The minimum Gasteiger partial charge on any atom is -0.501 e. The van der Waals surface area contributed by atoms with Crippen LogP contribution in [-0.4, -0.2) is 14.5 Å². The summed E-state index contributed by atoms with van der Waals surface area (Å²) in [6.07, 6.45) is 1.95. The smallest absolute Gasteiger partial charge is 0.121 e. The zero-order valence-corrected chi connectivity index (χ0v) is 41.9. The first-order chi connectivity index (χ1) is 34.4. The largest absolute Gasteiger partial charge is 0.501 e. The van der Waals surface area contributed by atoms with Gasteiger partial charge < -0.3 is 14.0 Å². The van der Waals surface area contributed by atoms with Crippen LogP contribution < -0.4 is 0 Å². The Bertz CT molecular complexity index is 3950. The second-order valence-electron chi connectivity index (χ2n) is 18.8. The molecule has 10 aromatic carbocycles. The van der Waals surface area contributed by atoms with Gasteiger partial charge in [-0.1, -0.05) is 183 Å². The van der Waals surface area contributed by atoms with Gasteiger partial charge in [0.1, 0.15) is 5.58 Å². The molecule has 0 spiro atoms. The number of pyridine rings is 1. The summed E-state index contributed by atoms with van der Waals surface area (Å²) in [6, 6.07) is 85.5. The maximum atomic E-state index is 6.90. The van der Waals surface area contributed by atoms with Gasteiger partial charge in [0.15, 0.2) is 0 Å². The molecule has 4 nitrogen and oxygen atoms in total. The maximum absolute atomic E-state index is 6.90. The standard InChI is InChI=1S/C51H31N2O.C15H16N.Ir/c1-4-15-33(16-5-1)38-30-43(34-17-6-2-7-18-34)49(44(31-38)35-19-8-3-9-20-35)53-47-26-13-12-25-46(47)52-51(53)41-24-14-23-40-45-29-37-28-27-36-21-10-11-22-39(36)42(37)32-48(45)54-50(40)41;1-15(2,3)13-9-10-14(16-11-13)12-7-5-4-6-8-12;/h1-23,25-32H;4-7,9-11H,1-3H3;/q2*-1;. The van der Waals surface area contributed by atoms with Crippen molar-refractivity contribution in [3.8, 4) is 61.7 Å². The summed E-state index contributed by atoms with van der Waals surface area (Å²) in [5, 5.41) is 6.91. The van der Waals surface area contributed by atoms with Gasteiger partial charge in [-0.15, -0.1) is 54.1 Å². The summed E-state index contributed by atoms with van der Waals surface area (Å²) in [5.74, 6) is 0.776. The van der Waals surface area contributed by atoms with Crippen LogP contribution in [0.15, 0.2) is 235 Å². The molecule has 0 bridgehead atoms. The van der Waals surface area contributed by atoms with E-state index in [0.29, 0.717) is 0 Å². The molecule has 3 heterocycles. The summed E-state index contributed by atoms with van der Waals surface area (Å²) >= 11 is 0. The first-order valence-electron chi connectivity index (χ1n) is 23.8. The van der Waals surface area contributed by atoms with E-state index in [4.69, 9.17) is 9.40 Å². The Labute approximate surface area is 427 Å². The number of aromatic nitrogens is 3. The van der Waals surface area contributed by atoms with Crippen LogP contribution in [0.25, 0.3) is 116 Å². The van der Waals surface area contributed by atoms with Crippen molar-refractivity contribution in [3.63, 3.8) is 0 Å². The predicted molar refractivity (Wildman–Crippen MR) is 291 cm³/mol. The van der Waals surface area contributed by atoms with Crippen molar-refractivity contribution in [1.29, 1.82) is 0 Å². The number of nitrogens with zero attached hydrogens (tertiary/aromatic N) is 3. The minimum atomic E-state index is 0. The monoisotopic (exact) mass is 1090 g/mol. The molecule has 343 valence electrons. The molecule has 13 rings (SSSR count). The molecular weight excluding hydrogens is 1040 g/mol. The third-order valence-corrected chi connectivity index (χ3v) is 13.3. The van der Waals surface area contributed by atoms with Crippen molar-refractivity contribution < 1.29 is 24.5 Å². The van der Waals surface area contributed by atoms with Crippen LogP contribution in [-0.2, 0) is 25.5 Å². The van der Waals surface area contributed by atoms with Crippen LogP contribution in [0.5, 0.6) is 0 Å². The number of rotatable bonds is 6. The molecule has 0 saturated carbocycles. The van der Waals surface area contributed by atoms with Crippen molar-refractivity contribution in [3.05, 3.63) is 248 Å². The molecule has 0 aliphatic carbocycles. The van der Waals surface area contributed by atoms with E-state index in [1.165, 1.54) is 27.1 Å². The molecule has 0 aliphatic rings. The molecule has 0 fully saturated rings. The predicted octanol–water partition coefficient (Wildman–Crippen LogP) is 17.5. The van der Waals surface area contributed by atoms with Crippen LogP contribution in [0.3, 0.4) is 0 Å². The Hall–Kier alpha value is -8.21. The number of hydrogen-bond acceptors (Lipinski definition) is 3. The molecule has 1 radical (unpaired) electrons. The fourth-order valence-corrected chi connectivity index (χ4v) is 9.73. The topological polar surface area (TPSA) is 43.9 Å². The van der Waals surface area contributed by atoms with E-state index >= 15 is 0 Å². The Kier molecular flexibility index (Phi) is 12.1. The van der Waals surface area contributed by atoms with Crippen molar-refractivity contribution in [2.75, 3.05) is 0 Å². The Balaban J connectivity index is 0.000000275. The van der Waals surface area contributed by atoms with Crippen molar-refractivity contribution in [1.82, 2.24) is 14.5 Å². The Morgan fingerprint density at radius 2 is 1.14 bits per heavy atom. The van der Waals surface area contributed by atoms with Gasteiger partial charge in [-0.25, -0.2) is 0 Å². The zero-order chi connectivity index (χ0) is 47.2. The van der Waals surface area contributed by atoms with Gasteiger partial charge in [0, 0.05) is 42.8 Å². The summed E-state index contributed by atoms with van der Waals surface area (Å²) < 4.78 is 9.23. The second-order valence-corrected chi connectivity index (χ2v) is 18.8. The number of fused-ring (bicyclic) bond motifs is 7. The van der Waals surface area contributed by atoms with Gasteiger partial charge in [0.05, 0.1) is 28.1 Å². The molecule has 13 aromatic rings. The van der Waals surface area contributed by atoms with Crippen LogP contribution in [0.2, 0.25) is 0 Å². The van der Waals surface area contributed by atoms with Crippen molar-refractivity contribution in [2.45, 2.75) is 26.2 Å². The quantitative estimate of drug-likeness (QED) is 0.123. The maximum Gasteiger partial charge on any atom is 0.121 e. The van der Waals surface area contributed by atoms with E-state index in [1.54, 1.807) is 0 Å². The fraction of sp³-hybridized carbons (Fsp3) is 0.0606. The Morgan fingerprint density at radius 3 is 1.82 bits per heavy atom. The molecule has 0 unspecified atom stereocenters. The second kappa shape index (κ2) is 18.9. The minimum absolute atomic E-state index is 0. The number of hydrogen-bond donors (Lipinski definition) is 0. The van der Waals surface area contributed by atoms with Crippen molar-refractivity contribution >= 4 is 54.5 Å². The van der Waals surface area contributed by atoms with Crippen LogP contribution in [0.4, 0.5) is 0 Å². The average molecular weight is 1090 g/mol. The molecular formula is C66H47IrN3O-2. The normalized spacial score (nSPS) is 11.5. The van der Waals surface area contributed by atoms with Gasteiger partial charge in [-0.05, 0) is 96.9 Å². The molecule has 5 heteroatoms. The number of imidazole rings is 1. The first-order valence-corrected chi connectivity index (χ1v) is 23.8. The SMILES string of the molecule is CC(C)(C)c1ccc(-c2[c-]cccc2)nc1.[Ir].[c-]1ccc2c(oc3cc4c(ccc5ccccc54)cc32)c1-c1nc2ccccc2n1-c1c(-c2ccccc2)cc(-c2ccccc2)cc1-c1ccccc1. The van der Waals surface area contributed by atoms with E-state index in [9.17, 15) is 0 Å². The van der Waals surface area contributed by atoms with E-state index < -0.39 is 0 Å². The van der Waals surface area contributed by atoms with E-state index in [2.05, 4.69) is 237 Å². The summed E-state index contributed by atoms with van der Waals surface area (Å²) in [4.78, 5) is 9.88. The third kappa shape index (κ3) is 8.54. The van der Waals surface area contributed by atoms with Crippen LogP contribution in [0.1, 0.15) is 26.3 Å². The number of benzene rings is 10. The summed E-state index contributed by atoms with van der Waals surface area (Å²) in [5.41, 5.74) is 15.6. The Morgan fingerprint density at radius 1 is 0.493 bits per heavy atom. The molecule has 0 atom stereocenters. The van der Waals surface area contributed by atoms with Crippen LogP contribution in [0, 0.1) is 12.1 Å². The van der Waals surface area contributed by atoms with E-state index in [0.717, 1.165) is 94.7 Å². The molecule has 71 heavy (non-hydrogen) atoms. The van der Waals surface area contributed by atoms with E-state index in [1.807, 2.05) is 36.5 Å². The van der Waals surface area contributed by atoms with Gasteiger partial charge in [-0.2, -0.15) is 0 Å². The first kappa shape index (κ1) is 45.2. The summed E-state index contributed by atoms with van der Waals surface area (Å²) in [6.45, 7) is 6.58. The summed E-state index contributed by atoms with van der Waals surface area (Å²) in [7, 11) is 0. The average Bonchev–Trinajstić information content (AvgIpc) is 3.99. The molecule has 3 aromatic heterocycles. The van der Waals surface area contributed by atoms with E-state index in [-0.39, 0.29) is 25.5 Å². The number of para-hydroxylation sites is 2. The van der Waals surface area contributed by atoms with Gasteiger partial charge in [-0.3, -0.25) is 4.98 Å². The van der Waals surface area contributed by atoms with Gasteiger partial charge >= 0.3 is 0 Å². The molecule has 0 N–H and O–H groups in total. The molecule has 0 saturated heterocycles. The van der Waals surface area contributed by atoms with Gasteiger partial charge in [0.2, 0.25) is 0 Å². The van der Waals surface area contributed by atoms with Crippen molar-refractivity contribution in [2.24, 2.45) is 0 Å². The fourth-order valence-electron chi connectivity index (χ4n) is 9.73. The van der Waals surface area contributed by atoms with Crippen LogP contribution >= 0.6 is 0 Å². The third-order valence-electron chi connectivity index (χ3n) is 13.3. The zero-order valence-electron chi connectivity index (χ0n) is 39.5. The number of furan rings is 1. The molecule has 0 aliphatic heterocycles.